The fourth-order valence-electron chi connectivity index (χ4n) is 2.70. The molecule has 2 saturated heterocycles. The average molecular weight is 312 g/mol. The van der Waals surface area contributed by atoms with E-state index in [9.17, 15) is 19.2 Å². The maximum absolute atomic E-state index is 12.3. The second-order valence-electron chi connectivity index (χ2n) is 6.58. The van der Waals surface area contributed by atoms with Crippen LogP contribution in [-0.4, -0.2) is 64.5 Å². The van der Waals surface area contributed by atoms with Crippen LogP contribution in [0.3, 0.4) is 0 Å². The van der Waals surface area contributed by atoms with E-state index in [1.807, 2.05) is 0 Å². The maximum Gasteiger partial charge on any atom is 0.411 e. The lowest BCUT2D eigenvalue weighted by Gasteiger charge is -2.29. The molecule has 1 spiro atoms. The highest BCUT2D eigenvalue weighted by molar-refractivity contribution is 6.08. The first kappa shape index (κ1) is 16.1. The Kier molecular flexibility index (Phi) is 3.54. The van der Waals surface area contributed by atoms with Crippen molar-refractivity contribution in [1.29, 1.82) is 0 Å². The van der Waals surface area contributed by atoms with Crippen LogP contribution in [0.1, 0.15) is 27.2 Å². The maximum atomic E-state index is 12.3. The van der Waals surface area contributed by atoms with Crippen LogP contribution < -0.4 is 11.1 Å². The van der Waals surface area contributed by atoms with Gasteiger partial charge in [0.15, 0.2) is 0 Å². The molecule has 2 heterocycles. The smallest absolute Gasteiger partial charge is 0.411 e. The summed E-state index contributed by atoms with van der Waals surface area (Å²) < 4.78 is 5.25. The summed E-state index contributed by atoms with van der Waals surface area (Å²) in [5, 5.41) is 2.18. The van der Waals surface area contributed by atoms with Crippen molar-refractivity contribution in [3.63, 3.8) is 0 Å². The molecule has 9 heteroatoms. The molecule has 2 aliphatic heterocycles. The summed E-state index contributed by atoms with van der Waals surface area (Å²) in [5.41, 5.74) is 3.30. The van der Waals surface area contributed by atoms with Crippen LogP contribution in [0.5, 0.6) is 0 Å². The predicted molar refractivity (Wildman–Crippen MR) is 74.6 cm³/mol. The summed E-state index contributed by atoms with van der Waals surface area (Å²) in [7, 11) is 1.44. The lowest BCUT2D eigenvalue weighted by atomic mass is 9.94. The monoisotopic (exact) mass is 312 g/mol. The Labute approximate surface area is 127 Å². The van der Waals surface area contributed by atoms with Gasteiger partial charge in [-0.05, 0) is 20.8 Å². The molecule has 5 amide bonds. The standard InChI is InChI=1S/C13H20N4O5/c1-12(2,3)22-11(21)17-6-13(5-7(17)8(14)18)9(19)15-10(20)16(13)4/h7H,5-6H2,1-4H3,(H2,14,18)(H,15,19,20)/t7-,13+/m0/s1. The number of primary amides is 1. The van der Waals surface area contributed by atoms with Gasteiger partial charge in [0.2, 0.25) is 5.91 Å². The van der Waals surface area contributed by atoms with E-state index in [2.05, 4.69) is 5.32 Å². The summed E-state index contributed by atoms with van der Waals surface area (Å²) in [6.07, 6.45) is -0.788. The molecule has 2 rings (SSSR count). The largest absolute Gasteiger partial charge is 0.444 e. The first-order valence-electron chi connectivity index (χ1n) is 6.86. The summed E-state index contributed by atoms with van der Waals surface area (Å²) in [6.45, 7) is 4.93. The van der Waals surface area contributed by atoms with E-state index in [0.717, 1.165) is 4.90 Å². The Hall–Kier alpha value is -2.32. The van der Waals surface area contributed by atoms with Gasteiger partial charge in [0, 0.05) is 13.5 Å². The average Bonchev–Trinajstić information content (AvgIpc) is 2.85. The normalized spacial score (nSPS) is 28.3. The molecular weight excluding hydrogens is 292 g/mol. The van der Waals surface area contributed by atoms with Crippen molar-refractivity contribution in [1.82, 2.24) is 15.1 Å². The second kappa shape index (κ2) is 4.85. The number of carbonyl (C=O) groups excluding carboxylic acids is 4. The molecule has 2 atom stereocenters. The van der Waals surface area contributed by atoms with Crippen molar-refractivity contribution in [2.24, 2.45) is 5.73 Å². The minimum Gasteiger partial charge on any atom is -0.444 e. The number of amides is 5. The molecule has 3 N–H and O–H groups in total. The Balaban J connectivity index is 2.31. The molecule has 2 aliphatic rings. The number of rotatable bonds is 1. The van der Waals surface area contributed by atoms with Gasteiger partial charge >= 0.3 is 12.1 Å². The van der Waals surface area contributed by atoms with Gasteiger partial charge in [0.1, 0.15) is 17.2 Å². The number of urea groups is 1. The zero-order valence-corrected chi connectivity index (χ0v) is 13.0. The molecule has 22 heavy (non-hydrogen) atoms. The van der Waals surface area contributed by atoms with Crippen LogP contribution >= 0.6 is 0 Å². The van der Waals surface area contributed by atoms with Crippen LogP contribution in [0, 0.1) is 0 Å². The van der Waals surface area contributed by atoms with E-state index in [1.165, 1.54) is 11.9 Å². The number of nitrogens with zero attached hydrogens (tertiary/aromatic N) is 2. The van der Waals surface area contributed by atoms with Gasteiger partial charge < -0.3 is 15.4 Å². The van der Waals surface area contributed by atoms with Gasteiger partial charge in [-0.25, -0.2) is 9.59 Å². The van der Waals surface area contributed by atoms with Crippen molar-refractivity contribution in [2.45, 2.75) is 44.4 Å². The molecular formula is C13H20N4O5. The van der Waals surface area contributed by atoms with Crippen molar-refractivity contribution < 1.29 is 23.9 Å². The highest BCUT2D eigenvalue weighted by Gasteiger charge is 2.60. The third kappa shape index (κ3) is 2.46. The minimum atomic E-state index is -1.28. The summed E-state index contributed by atoms with van der Waals surface area (Å²) in [5.74, 6) is -1.29. The minimum absolute atomic E-state index is 0.0460. The zero-order chi connectivity index (χ0) is 16.9. The van der Waals surface area contributed by atoms with Crippen LogP contribution in [-0.2, 0) is 14.3 Å². The summed E-state index contributed by atoms with van der Waals surface area (Å²) >= 11 is 0. The SMILES string of the molecule is CN1C(=O)NC(=O)[C@]12C[C@@H](C(N)=O)N(C(=O)OC(C)(C)C)C2. The highest BCUT2D eigenvalue weighted by Crippen LogP contribution is 2.35. The lowest BCUT2D eigenvalue weighted by molar-refractivity contribution is -0.125. The fraction of sp³-hybridized carbons (Fsp3) is 0.692. The van der Waals surface area contributed by atoms with E-state index < -0.39 is 41.1 Å². The molecule has 122 valence electrons. The molecule has 0 aromatic heterocycles. The number of likely N-dealkylation sites (tertiary alicyclic amines) is 1. The molecule has 0 bridgehead atoms. The van der Waals surface area contributed by atoms with Gasteiger partial charge in [0.25, 0.3) is 5.91 Å². The number of carbonyl (C=O) groups is 4. The first-order chi connectivity index (χ1) is 9.98. The van der Waals surface area contributed by atoms with Gasteiger partial charge in [-0.2, -0.15) is 0 Å². The molecule has 0 unspecified atom stereocenters. The van der Waals surface area contributed by atoms with E-state index in [0.29, 0.717) is 0 Å². The third-order valence-electron chi connectivity index (χ3n) is 3.89. The van der Waals surface area contributed by atoms with E-state index in [-0.39, 0.29) is 13.0 Å². The van der Waals surface area contributed by atoms with E-state index >= 15 is 0 Å². The van der Waals surface area contributed by atoms with Gasteiger partial charge in [-0.15, -0.1) is 0 Å². The second-order valence-corrected chi connectivity index (χ2v) is 6.58. The number of hydrogen-bond donors (Lipinski definition) is 2. The Bertz CT molecular complexity index is 555. The first-order valence-corrected chi connectivity index (χ1v) is 6.86. The Morgan fingerprint density at radius 1 is 1.36 bits per heavy atom. The van der Waals surface area contributed by atoms with Crippen molar-refractivity contribution in [2.75, 3.05) is 13.6 Å². The van der Waals surface area contributed by atoms with Crippen molar-refractivity contribution in [3.8, 4) is 0 Å². The van der Waals surface area contributed by atoms with Gasteiger partial charge in [-0.1, -0.05) is 0 Å². The quantitative estimate of drug-likeness (QED) is 0.626. The number of likely N-dealkylation sites (N-methyl/N-ethyl adjacent to an activating group) is 1. The van der Waals surface area contributed by atoms with Crippen LogP contribution in [0.25, 0.3) is 0 Å². The number of nitrogens with one attached hydrogen (secondary N) is 1. The number of ether oxygens (including phenoxy) is 1. The Morgan fingerprint density at radius 3 is 2.36 bits per heavy atom. The number of hydrogen-bond acceptors (Lipinski definition) is 5. The van der Waals surface area contributed by atoms with Crippen LogP contribution in [0.15, 0.2) is 0 Å². The topological polar surface area (TPSA) is 122 Å². The predicted octanol–water partition coefficient (Wildman–Crippen LogP) is -0.598. The number of imide groups is 1. The molecule has 0 aromatic rings. The zero-order valence-electron chi connectivity index (χ0n) is 13.0. The highest BCUT2D eigenvalue weighted by atomic mass is 16.6. The van der Waals surface area contributed by atoms with Crippen molar-refractivity contribution in [3.05, 3.63) is 0 Å². The van der Waals surface area contributed by atoms with E-state index in [4.69, 9.17) is 10.5 Å². The fourth-order valence-corrected chi connectivity index (χ4v) is 2.70. The molecule has 0 aromatic carbocycles. The molecule has 0 aliphatic carbocycles. The van der Waals surface area contributed by atoms with Gasteiger partial charge in [0.05, 0.1) is 6.54 Å². The van der Waals surface area contributed by atoms with Crippen LogP contribution in [0.4, 0.5) is 9.59 Å². The summed E-state index contributed by atoms with van der Waals surface area (Å²) in [6, 6.07) is -1.58. The van der Waals surface area contributed by atoms with Crippen LogP contribution in [0.2, 0.25) is 0 Å². The van der Waals surface area contributed by atoms with Crippen molar-refractivity contribution >= 4 is 23.9 Å². The Morgan fingerprint density at radius 2 is 1.95 bits per heavy atom. The molecule has 0 saturated carbocycles. The third-order valence-corrected chi connectivity index (χ3v) is 3.89. The van der Waals surface area contributed by atoms with E-state index in [1.54, 1.807) is 20.8 Å². The summed E-state index contributed by atoms with van der Waals surface area (Å²) in [4.78, 5) is 50.1. The molecule has 9 nitrogen and oxygen atoms in total. The van der Waals surface area contributed by atoms with Gasteiger partial charge in [-0.3, -0.25) is 19.8 Å². The molecule has 2 fully saturated rings. The molecule has 0 radical (unpaired) electrons. The lowest BCUT2D eigenvalue weighted by Crippen LogP contribution is -2.50. The number of nitrogens with two attached hydrogens (primary N) is 1.